The van der Waals surface area contributed by atoms with Gasteiger partial charge in [0.05, 0.1) is 25.4 Å². The zero-order chi connectivity index (χ0) is 62.8. The molecule has 1 amide bonds. The predicted octanol–water partition coefficient (Wildman–Crippen LogP) is 25.8. The third-order valence-corrected chi connectivity index (χ3v) is 18.0. The summed E-state index contributed by atoms with van der Waals surface area (Å²) < 4.78 is 5.51. The molecule has 6 heteroatoms. The minimum Gasteiger partial charge on any atom is -0.466 e. The highest BCUT2D eigenvalue weighted by atomic mass is 16.5. The van der Waals surface area contributed by atoms with Gasteiger partial charge in [-0.25, -0.2) is 0 Å². The molecule has 0 heterocycles. The molecule has 6 nitrogen and oxygen atoms in total. The highest BCUT2D eigenvalue weighted by Crippen LogP contribution is 2.19. The van der Waals surface area contributed by atoms with Crippen molar-refractivity contribution in [2.45, 2.75) is 431 Å². The van der Waals surface area contributed by atoms with E-state index in [2.05, 4.69) is 67.8 Å². The molecule has 0 aliphatic carbocycles. The molecule has 0 aliphatic heterocycles. The Balaban J connectivity index is 3.38. The number of hydrogen-bond acceptors (Lipinski definition) is 5. The minimum atomic E-state index is -0.844. The van der Waals surface area contributed by atoms with Gasteiger partial charge in [0.15, 0.2) is 0 Å². The van der Waals surface area contributed by atoms with Crippen molar-refractivity contribution in [3.8, 4) is 0 Å². The summed E-state index contributed by atoms with van der Waals surface area (Å²) in [5.74, 6) is -0.0504. The summed E-state index contributed by atoms with van der Waals surface area (Å²) >= 11 is 0. The molecule has 2 atom stereocenters. The SMILES string of the molecule is CCCCC/C=C\C/C=C\CCCCCCCCCCCC(=O)OCCCCCCCCCCCCC/C=C\C/C=C\CCCCCCCCCCCCCCCCCCCC(=O)NC(CO)C(O)/C=C/CCCCCCCCCCCCCCCC. The van der Waals surface area contributed by atoms with E-state index in [1.165, 1.54) is 334 Å². The first-order valence-electron chi connectivity index (χ1n) is 39.1. The maximum Gasteiger partial charge on any atom is 0.305 e. The minimum absolute atomic E-state index is 0.0129. The average molecular weight is 1220 g/mol. The monoisotopic (exact) mass is 1220 g/mol. The molecular formula is C81H151NO5. The summed E-state index contributed by atoms with van der Waals surface area (Å²) in [5.41, 5.74) is 0. The number of hydrogen-bond donors (Lipinski definition) is 3. The van der Waals surface area contributed by atoms with Crippen LogP contribution in [0.4, 0.5) is 0 Å². The largest absolute Gasteiger partial charge is 0.466 e. The molecule has 0 aromatic heterocycles. The van der Waals surface area contributed by atoms with Crippen LogP contribution in [0.1, 0.15) is 418 Å². The molecule has 87 heavy (non-hydrogen) atoms. The number of carbonyl (C=O) groups is 2. The summed E-state index contributed by atoms with van der Waals surface area (Å²) in [5, 5.41) is 23.2. The van der Waals surface area contributed by atoms with E-state index in [0.717, 1.165) is 57.8 Å². The van der Waals surface area contributed by atoms with Crippen molar-refractivity contribution < 1.29 is 24.5 Å². The number of ether oxygens (including phenoxy) is 1. The van der Waals surface area contributed by atoms with E-state index in [4.69, 9.17) is 4.74 Å². The maximum atomic E-state index is 12.5. The van der Waals surface area contributed by atoms with Crippen LogP contribution in [0.5, 0.6) is 0 Å². The normalized spacial score (nSPS) is 12.8. The average Bonchev–Trinajstić information content (AvgIpc) is 3.53. The maximum absolute atomic E-state index is 12.5. The van der Waals surface area contributed by atoms with Gasteiger partial charge in [-0.2, -0.15) is 0 Å². The Morgan fingerprint density at radius 3 is 0.897 bits per heavy atom. The fraction of sp³-hybridized carbons (Fsp3) is 0.852. The second-order valence-electron chi connectivity index (χ2n) is 26.7. The standard InChI is InChI=1S/C81H151NO5/c1-3-5-7-9-11-13-15-17-19-21-39-43-47-51-55-59-63-67-71-75-81(86)87-76-72-68-64-60-56-52-48-44-41-38-36-34-32-30-28-26-24-22-23-25-27-29-31-33-35-37-40-42-46-50-54-58-62-66-70-74-80(85)82-78(77-83)79(84)73-69-65-61-57-53-49-45-20-18-16-14-12-10-8-6-4-2/h11,13,17,19,24,26,30,32,69,73,78-79,83-84H,3-10,12,14-16,18,20-23,25,27-29,31,33-68,70-72,74-77H2,1-2H3,(H,82,85)/b13-11-,19-17-,26-24-,32-30-,73-69+. The summed E-state index contributed by atoms with van der Waals surface area (Å²) in [6.45, 7) is 4.91. The molecule has 0 radical (unpaired) electrons. The van der Waals surface area contributed by atoms with E-state index in [1.807, 2.05) is 6.08 Å². The lowest BCUT2D eigenvalue weighted by Crippen LogP contribution is -2.45. The van der Waals surface area contributed by atoms with E-state index >= 15 is 0 Å². The second kappa shape index (κ2) is 76.0. The first kappa shape index (κ1) is 84.6. The van der Waals surface area contributed by atoms with Gasteiger partial charge in [0.2, 0.25) is 5.91 Å². The van der Waals surface area contributed by atoms with E-state index < -0.39 is 12.1 Å². The van der Waals surface area contributed by atoms with Crippen LogP contribution < -0.4 is 5.32 Å². The molecule has 3 N–H and O–H groups in total. The number of esters is 1. The van der Waals surface area contributed by atoms with Gasteiger partial charge in [0.25, 0.3) is 0 Å². The van der Waals surface area contributed by atoms with Crippen LogP contribution in [-0.2, 0) is 14.3 Å². The lowest BCUT2D eigenvalue weighted by Gasteiger charge is -2.20. The van der Waals surface area contributed by atoms with Crippen LogP contribution in [0, 0.1) is 0 Å². The van der Waals surface area contributed by atoms with Crippen LogP contribution in [0.2, 0.25) is 0 Å². The van der Waals surface area contributed by atoms with Gasteiger partial charge in [-0.3, -0.25) is 9.59 Å². The smallest absolute Gasteiger partial charge is 0.305 e. The molecule has 0 saturated carbocycles. The van der Waals surface area contributed by atoms with Gasteiger partial charge in [0.1, 0.15) is 0 Å². The Kier molecular flexibility index (Phi) is 73.9. The number of carbonyl (C=O) groups excluding carboxylic acids is 2. The van der Waals surface area contributed by atoms with E-state index in [-0.39, 0.29) is 18.5 Å². The molecule has 0 aromatic rings. The number of unbranched alkanes of at least 4 members (excludes halogenated alkanes) is 54. The Morgan fingerprint density at radius 2 is 0.575 bits per heavy atom. The molecule has 510 valence electrons. The Bertz CT molecular complexity index is 1500. The number of rotatable bonds is 73. The third-order valence-electron chi connectivity index (χ3n) is 18.0. The summed E-state index contributed by atoms with van der Waals surface area (Å²) in [4.78, 5) is 24.6. The van der Waals surface area contributed by atoms with Gasteiger partial charge < -0.3 is 20.3 Å². The molecule has 0 bridgehead atoms. The van der Waals surface area contributed by atoms with Crippen molar-refractivity contribution in [2.24, 2.45) is 0 Å². The van der Waals surface area contributed by atoms with Gasteiger partial charge >= 0.3 is 5.97 Å². The van der Waals surface area contributed by atoms with Crippen LogP contribution in [0.15, 0.2) is 60.8 Å². The quantitative estimate of drug-likeness (QED) is 0.0320. The van der Waals surface area contributed by atoms with Crippen molar-refractivity contribution in [1.82, 2.24) is 5.32 Å². The van der Waals surface area contributed by atoms with Gasteiger partial charge in [-0.15, -0.1) is 0 Å². The zero-order valence-electron chi connectivity index (χ0n) is 58.5. The van der Waals surface area contributed by atoms with Crippen molar-refractivity contribution in [3.05, 3.63) is 60.8 Å². The van der Waals surface area contributed by atoms with Crippen molar-refractivity contribution in [1.29, 1.82) is 0 Å². The fourth-order valence-electron chi connectivity index (χ4n) is 12.1. The number of allylic oxidation sites excluding steroid dienone is 9. The van der Waals surface area contributed by atoms with E-state index in [9.17, 15) is 19.8 Å². The lowest BCUT2D eigenvalue weighted by atomic mass is 10.0. The zero-order valence-corrected chi connectivity index (χ0v) is 58.5. The third kappa shape index (κ3) is 72.5. The number of aliphatic hydroxyl groups is 2. The summed E-state index contributed by atoms with van der Waals surface area (Å²) in [6, 6.07) is -0.627. The first-order valence-corrected chi connectivity index (χ1v) is 39.1. The van der Waals surface area contributed by atoms with E-state index in [0.29, 0.717) is 19.4 Å². The second-order valence-corrected chi connectivity index (χ2v) is 26.7. The molecule has 0 aromatic carbocycles. The van der Waals surface area contributed by atoms with E-state index in [1.54, 1.807) is 6.08 Å². The van der Waals surface area contributed by atoms with Gasteiger partial charge in [-0.05, 0) is 96.3 Å². The summed E-state index contributed by atoms with van der Waals surface area (Å²) in [7, 11) is 0. The number of aliphatic hydroxyl groups excluding tert-OH is 2. The van der Waals surface area contributed by atoms with Crippen LogP contribution in [-0.4, -0.2) is 47.4 Å². The Labute approximate surface area is 543 Å². The number of amides is 1. The van der Waals surface area contributed by atoms with Gasteiger partial charge in [-0.1, -0.05) is 370 Å². The molecule has 0 rings (SSSR count). The van der Waals surface area contributed by atoms with Crippen molar-refractivity contribution >= 4 is 11.9 Å². The molecule has 0 spiro atoms. The predicted molar refractivity (Wildman–Crippen MR) is 384 cm³/mol. The highest BCUT2D eigenvalue weighted by Gasteiger charge is 2.18. The van der Waals surface area contributed by atoms with Crippen molar-refractivity contribution in [3.63, 3.8) is 0 Å². The van der Waals surface area contributed by atoms with Gasteiger partial charge in [0, 0.05) is 12.8 Å². The molecule has 0 fully saturated rings. The van der Waals surface area contributed by atoms with Crippen LogP contribution in [0.25, 0.3) is 0 Å². The Morgan fingerprint density at radius 1 is 0.322 bits per heavy atom. The molecule has 0 aliphatic rings. The lowest BCUT2D eigenvalue weighted by molar-refractivity contribution is -0.143. The topological polar surface area (TPSA) is 95.9 Å². The van der Waals surface area contributed by atoms with Crippen LogP contribution in [0.3, 0.4) is 0 Å². The first-order chi connectivity index (χ1) is 43.0. The summed E-state index contributed by atoms with van der Waals surface area (Å²) in [6.07, 6.45) is 102. The van der Waals surface area contributed by atoms with Crippen molar-refractivity contribution in [2.75, 3.05) is 13.2 Å². The molecular weight excluding hydrogens is 1070 g/mol. The van der Waals surface area contributed by atoms with Crippen LogP contribution >= 0.6 is 0 Å². The molecule has 2 unspecified atom stereocenters. The molecule has 0 saturated heterocycles. The highest BCUT2D eigenvalue weighted by molar-refractivity contribution is 5.76. The Hall–Kier alpha value is -2.44. The number of nitrogens with one attached hydrogen (secondary N) is 1. The fourth-order valence-corrected chi connectivity index (χ4v) is 12.1.